The van der Waals surface area contributed by atoms with E-state index in [0.717, 1.165) is 5.56 Å². The Morgan fingerprint density at radius 1 is 0.943 bits per heavy atom. The molecule has 0 atom stereocenters. The number of amides is 1. The molecule has 9 heteroatoms. The van der Waals surface area contributed by atoms with Gasteiger partial charge in [0.15, 0.2) is 0 Å². The van der Waals surface area contributed by atoms with Crippen LogP contribution in [0.5, 0.6) is 11.5 Å². The second-order valence-corrected chi connectivity index (χ2v) is 7.91. The van der Waals surface area contributed by atoms with Gasteiger partial charge in [-0.3, -0.25) is 19.1 Å². The van der Waals surface area contributed by atoms with Gasteiger partial charge in [0, 0.05) is 12.7 Å². The summed E-state index contributed by atoms with van der Waals surface area (Å²) < 4.78 is 7.02. The van der Waals surface area contributed by atoms with Crippen LogP contribution in [0.25, 0.3) is 0 Å². The number of nitrogens with two attached hydrogens (primary N) is 1. The summed E-state index contributed by atoms with van der Waals surface area (Å²) in [6, 6.07) is 25.6. The first kappa shape index (κ1) is 23.4. The molecule has 0 bridgehead atoms. The number of carbonyl (C=O) groups excluding carboxylic acids is 1. The average molecular weight is 472 g/mol. The lowest BCUT2D eigenvalue weighted by molar-refractivity contribution is -0.114. The van der Waals surface area contributed by atoms with Crippen LogP contribution in [0.4, 0.5) is 17.2 Å². The molecule has 4 aromatic rings. The number of hydrogen-bond acceptors (Lipinski definition) is 6. The van der Waals surface area contributed by atoms with E-state index in [1.165, 1.54) is 9.47 Å². The van der Waals surface area contributed by atoms with Crippen molar-refractivity contribution in [2.24, 2.45) is 0 Å². The average Bonchev–Trinajstić information content (AvgIpc) is 2.84. The number of anilines is 3. The molecule has 35 heavy (non-hydrogen) atoms. The highest BCUT2D eigenvalue weighted by atomic mass is 16.5. The maximum atomic E-state index is 12.6. The molecule has 9 nitrogen and oxygen atoms in total. The summed E-state index contributed by atoms with van der Waals surface area (Å²) in [6.45, 7) is 0.0335. The third kappa shape index (κ3) is 5.77. The van der Waals surface area contributed by atoms with Crippen molar-refractivity contribution in [2.45, 2.75) is 6.54 Å². The molecule has 4 N–H and O–H groups in total. The molecule has 1 amide bonds. The van der Waals surface area contributed by atoms with Gasteiger partial charge >= 0.3 is 5.69 Å². The number of nitrogens with zero attached hydrogens (tertiary/aromatic N) is 2. The zero-order valence-electron chi connectivity index (χ0n) is 19.1. The summed E-state index contributed by atoms with van der Waals surface area (Å²) in [5.74, 6) is 0.970. The van der Waals surface area contributed by atoms with Crippen LogP contribution in [0.2, 0.25) is 0 Å². The van der Waals surface area contributed by atoms with E-state index in [-0.39, 0.29) is 30.5 Å². The zero-order valence-corrected chi connectivity index (χ0v) is 19.1. The molecule has 178 valence electrons. The van der Waals surface area contributed by atoms with Crippen molar-refractivity contribution in [3.8, 4) is 11.5 Å². The molecule has 4 rings (SSSR count). The number of ether oxygens (including phenoxy) is 1. The molecule has 0 spiro atoms. The molecular formula is C26H25N5O4. The van der Waals surface area contributed by atoms with Crippen LogP contribution in [0, 0.1) is 0 Å². The van der Waals surface area contributed by atoms with Crippen LogP contribution in [0.1, 0.15) is 5.56 Å². The molecule has 0 unspecified atom stereocenters. The van der Waals surface area contributed by atoms with E-state index in [4.69, 9.17) is 10.5 Å². The van der Waals surface area contributed by atoms with Crippen LogP contribution in [-0.4, -0.2) is 29.1 Å². The van der Waals surface area contributed by atoms with E-state index < -0.39 is 11.2 Å². The van der Waals surface area contributed by atoms with Crippen LogP contribution >= 0.6 is 0 Å². The zero-order chi connectivity index (χ0) is 24.8. The van der Waals surface area contributed by atoms with E-state index in [1.807, 2.05) is 60.7 Å². The van der Waals surface area contributed by atoms with Gasteiger partial charge in [0.25, 0.3) is 5.56 Å². The largest absolute Gasteiger partial charge is 0.457 e. The number of rotatable bonds is 8. The Morgan fingerprint density at radius 3 is 2.20 bits per heavy atom. The number of likely N-dealkylation sites (N-methyl/N-ethyl adjacent to an activating group) is 1. The second-order valence-electron chi connectivity index (χ2n) is 7.91. The van der Waals surface area contributed by atoms with Crippen molar-refractivity contribution >= 4 is 23.1 Å². The number of H-pyrrole nitrogens is 1. The minimum absolute atomic E-state index is 0.0136. The fraction of sp³-hybridized carbons (Fsp3) is 0.115. The summed E-state index contributed by atoms with van der Waals surface area (Å²) >= 11 is 0. The molecule has 3 aromatic carbocycles. The second kappa shape index (κ2) is 10.4. The minimum Gasteiger partial charge on any atom is -0.457 e. The van der Waals surface area contributed by atoms with Crippen molar-refractivity contribution in [3.05, 3.63) is 111 Å². The van der Waals surface area contributed by atoms with Gasteiger partial charge in [-0.15, -0.1) is 0 Å². The third-order valence-corrected chi connectivity index (χ3v) is 5.28. The number of para-hydroxylation sites is 1. The molecular weight excluding hydrogens is 446 g/mol. The minimum atomic E-state index is -0.658. The lowest BCUT2D eigenvalue weighted by Gasteiger charge is -2.21. The van der Waals surface area contributed by atoms with E-state index in [9.17, 15) is 14.4 Å². The number of nitrogen functional groups attached to an aromatic ring is 1. The Hall–Kier alpha value is -4.79. The lowest BCUT2D eigenvalue weighted by atomic mass is 10.2. The normalized spacial score (nSPS) is 10.5. The molecule has 0 aliphatic carbocycles. The van der Waals surface area contributed by atoms with Gasteiger partial charge in [-0.25, -0.2) is 4.79 Å². The van der Waals surface area contributed by atoms with E-state index in [1.54, 1.807) is 31.3 Å². The van der Waals surface area contributed by atoms with Crippen molar-refractivity contribution in [2.75, 3.05) is 29.5 Å². The molecule has 1 heterocycles. The Morgan fingerprint density at radius 2 is 1.54 bits per heavy atom. The first-order valence-corrected chi connectivity index (χ1v) is 10.9. The Bertz CT molecular complexity index is 1410. The maximum Gasteiger partial charge on any atom is 0.330 e. The smallest absolute Gasteiger partial charge is 0.330 e. The Kier molecular flexibility index (Phi) is 6.96. The Balaban J connectivity index is 1.44. The predicted molar refractivity (Wildman–Crippen MR) is 136 cm³/mol. The molecule has 1 aromatic heterocycles. The van der Waals surface area contributed by atoms with E-state index in [0.29, 0.717) is 17.2 Å². The summed E-state index contributed by atoms with van der Waals surface area (Å²) in [5.41, 5.74) is 6.38. The quantitative estimate of drug-likeness (QED) is 0.363. The SMILES string of the molecule is CN(CC(=O)Nc1ccc(Oc2ccccc2)cc1)c1c(N)n(Cc2ccccc2)c(=O)[nH]c1=O. The van der Waals surface area contributed by atoms with Crippen molar-refractivity contribution in [1.82, 2.24) is 9.55 Å². The fourth-order valence-corrected chi connectivity index (χ4v) is 3.60. The molecule has 0 radical (unpaired) electrons. The first-order chi connectivity index (χ1) is 16.9. The van der Waals surface area contributed by atoms with Crippen molar-refractivity contribution in [3.63, 3.8) is 0 Å². The Labute approximate surface area is 201 Å². The highest BCUT2D eigenvalue weighted by molar-refractivity contribution is 5.94. The number of aromatic amines is 1. The maximum absolute atomic E-state index is 12.6. The van der Waals surface area contributed by atoms with Gasteiger partial charge in [-0.1, -0.05) is 48.5 Å². The predicted octanol–water partition coefficient (Wildman–Crippen LogP) is 3.03. The lowest BCUT2D eigenvalue weighted by Crippen LogP contribution is -2.39. The standard InChI is InChI=1S/C26H25N5O4/c1-30(23-24(27)31(26(34)29-25(23)33)16-18-8-4-2-5-9-18)17-22(32)28-19-12-14-21(15-13-19)35-20-10-6-3-7-11-20/h2-15H,16-17,27H2,1H3,(H,28,32)(H,29,33,34). The number of aromatic nitrogens is 2. The number of hydrogen-bond donors (Lipinski definition) is 3. The highest BCUT2D eigenvalue weighted by Crippen LogP contribution is 2.23. The molecule has 0 saturated heterocycles. The topological polar surface area (TPSA) is 122 Å². The monoisotopic (exact) mass is 471 g/mol. The van der Waals surface area contributed by atoms with Crippen molar-refractivity contribution in [1.29, 1.82) is 0 Å². The van der Waals surface area contributed by atoms with Gasteiger partial charge in [-0.05, 0) is 42.0 Å². The number of benzene rings is 3. The summed E-state index contributed by atoms with van der Waals surface area (Å²) in [4.78, 5) is 41.2. The van der Waals surface area contributed by atoms with E-state index >= 15 is 0 Å². The van der Waals surface area contributed by atoms with Gasteiger partial charge in [0.1, 0.15) is 23.0 Å². The molecule has 0 fully saturated rings. The molecule has 0 saturated carbocycles. The molecule has 0 aliphatic heterocycles. The number of carbonyl (C=O) groups is 1. The van der Waals surface area contributed by atoms with Crippen LogP contribution in [0.15, 0.2) is 94.5 Å². The van der Waals surface area contributed by atoms with E-state index in [2.05, 4.69) is 10.3 Å². The van der Waals surface area contributed by atoms with Gasteiger partial charge in [0.2, 0.25) is 5.91 Å². The van der Waals surface area contributed by atoms with Crippen LogP contribution < -0.4 is 31.9 Å². The summed E-state index contributed by atoms with van der Waals surface area (Å²) in [5, 5.41) is 2.78. The van der Waals surface area contributed by atoms with Crippen molar-refractivity contribution < 1.29 is 9.53 Å². The number of nitrogens with one attached hydrogen (secondary N) is 2. The van der Waals surface area contributed by atoms with Crippen LogP contribution in [0.3, 0.4) is 0 Å². The van der Waals surface area contributed by atoms with Gasteiger partial charge in [-0.2, -0.15) is 0 Å². The third-order valence-electron chi connectivity index (χ3n) is 5.28. The van der Waals surface area contributed by atoms with Gasteiger partial charge < -0.3 is 20.7 Å². The fourth-order valence-electron chi connectivity index (χ4n) is 3.60. The summed E-state index contributed by atoms with van der Waals surface area (Å²) in [6.07, 6.45) is 0. The molecule has 0 aliphatic rings. The van der Waals surface area contributed by atoms with Crippen LogP contribution in [-0.2, 0) is 11.3 Å². The highest BCUT2D eigenvalue weighted by Gasteiger charge is 2.18. The first-order valence-electron chi connectivity index (χ1n) is 10.9. The van der Waals surface area contributed by atoms with Gasteiger partial charge in [0.05, 0.1) is 13.1 Å². The summed E-state index contributed by atoms with van der Waals surface area (Å²) in [7, 11) is 1.56.